The van der Waals surface area contributed by atoms with Gasteiger partial charge in [-0.3, -0.25) is 4.79 Å². The Labute approximate surface area is 135 Å². The van der Waals surface area contributed by atoms with E-state index in [2.05, 4.69) is 5.32 Å². The van der Waals surface area contributed by atoms with Gasteiger partial charge in [0.15, 0.2) is 0 Å². The van der Waals surface area contributed by atoms with E-state index in [1.54, 1.807) is 13.0 Å². The molecule has 0 aromatic heterocycles. The molecule has 4 atom stereocenters. The number of hydrogen-bond donors (Lipinski definition) is 1. The molecule has 2 fully saturated rings. The summed E-state index contributed by atoms with van der Waals surface area (Å²) in [5.41, 5.74) is 1.03. The largest absolute Gasteiger partial charge is 0.370 e. The van der Waals surface area contributed by atoms with Crippen LogP contribution in [-0.4, -0.2) is 18.1 Å². The summed E-state index contributed by atoms with van der Waals surface area (Å²) in [6.45, 7) is 1.58. The van der Waals surface area contributed by atoms with Gasteiger partial charge in [-0.25, -0.2) is 0 Å². The van der Waals surface area contributed by atoms with Crippen LogP contribution in [0.25, 0.3) is 0 Å². The Balaban J connectivity index is 1.82. The van der Waals surface area contributed by atoms with Gasteiger partial charge in [0.1, 0.15) is 0 Å². The summed E-state index contributed by atoms with van der Waals surface area (Å²) in [6, 6.07) is 5.81. The summed E-state index contributed by atoms with van der Waals surface area (Å²) < 4.78 is 6.25. The van der Waals surface area contributed by atoms with Gasteiger partial charge in [-0.1, -0.05) is 35.7 Å². The van der Waals surface area contributed by atoms with E-state index < -0.39 is 0 Å². The van der Waals surface area contributed by atoms with Crippen LogP contribution in [0.4, 0.5) is 0 Å². The maximum absolute atomic E-state index is 11.5. The summed E-state index contributed by atoms with van der Waals surface area (Å²) in [6.07, 6.45) is 4.35. The predicted molar refractivity (Wildman–Crippen MR) is 83.6 cm³/mol. The Morgan fingerprint density at radius 3 is 2.81 bits per heavy atom. The maximum atomic E-state index is 11.5. The molecule has 3 rings (SSSR count). The van der Waals surface area contributed by atoms with E-state index in [4.69, 9.17) is 27.9 Å². The van der Waals surface area contributed by atoms with Crippen molar-refractivity contribution in [2.75, 3.05) is 0 Å². The first-order chi connectivity index (χ1) is 10.0. The fraction of sp³-hybridized carbons (Fsp3) is 0.562. The zero-order valence-corrected chi connectivity index (χ0v) is 13.5. The van der Waals surface area contributed by atoms with Gasteiger partial charge in [-0.15, -0.1) is 0 Å². The van der Waals surface area contributed by atoms with Crippen LogP contribution in [0, 0.1) is 5.92 Å². The fourth-order valence-electron chi connectivity index (χ4n) is 3.61. The minimum absolute atomic E-state index is 0.0282. The molecule has 1 aliphatic carbocycles. The van der Waals surface area contributed by atoms with E-state index >= 15 is 0 Å². The lowest BCUT2D eigenvalue weighted by atomic mass is 9.86. The molecule has 5 heteroatoms. The van der Waals surface area contributed by atoms with Crippen molar-refractivity contribution in [2.45, 2.75) is 50.9 Å². The highest BCUT2D eigenvalue weighted by Crippen LogP contribution is 2.43. The van der Waals surface area contributed by atoms with Gasteiger partial charge in [0.25, 0.3) is 0 Å². The molecule has 1 heterocycles. The summed E-state index contributed by atoms with van der Waals surface area (Å²) in [4.78, 5) is 11.5. The predicted octanol–water partition coefficient (Wildman–Crippen LogP) is 4.13. The van der Waals surface area contributed by atoms with Gasteiger partial charge < -0.3 is 10.1 Å². The third-order valence-corrected chi connectivity index (χ3v) is 5.27. The van der Waals surface area contributed by atoms with Crippen molar-refractivity contribution in [3.63, 3.8) is 0 Å². The first kappa shape index (κ1) is 15.1. The molecule has 1 N–H and O–H groups in total. The first-order valence-electron chi connectivity index (χ1n) is 7.42. The Kier molecular flexibility index (Phi) is 4.43. The highest BCUT2D eigenvalue weighted by Gasteiger charge is 2.42. The fourth-order valence-corrected chi connectivity index (χ4v) is 3.92. The highest BCUT2D eigenvalue weighted by atomic mass is 35.5. The standard InChI is InChI=1S/C16H19Cl2NO2/c1-9(20)19-14-8-16(21-15-4-2-3-11(14)15)10-5-6-12(17)13(18)7-10/h5-7,11,14-16H,2-4,8H2,1H3,(H,19,20)/t11-,14+,15+,16+/m0/s1. The molecule has 0 bridgehead atoms. The molecule has 1 aromatic rings. The van der Waals surface area contributed by atoms with Gasteiger partial charge in [0.2, 0.25) is 5.91 Å². The zero-order valence-electron chi connectivity index (χ0n) is 11.9. The van der Waals surface area contributed by atoms with Crippen molar-refractivity contribution in [3.8, 4) is 0 Å². The van der Waals surface area contributed by atoms with Gasteiger partial charge in [-0.05, 0) is 37.0 Å². The number of hydrogen-bond acceptors (Lipinski definition) is 2. The highest BCUT2D eigenvalue weighted by molar-refractivity contribution is 6.42. The van der Waals surface area contributed by atoms with Crippen LogP contribution in [0.2, 0.25) is 10.0 Å². The van der Waals surface area contributed by atoms with Crippen molar-refractivity contribution in [1.29, 1.82) is 0 Å². The first-order valence-corrected chi connectivity index (χ1v) is 8.17. The van der Waals surface area contributed by atoms with Gasteiger partial charge in [0.05, 0.1) is 22.3 Å². The normalized spacial score (nSPS) is 31.8. The van der Waals surface area contributed by atoms with Gasteiger partial charge in [0, 0.05) is 18.9 Å². The Morgan fingerprint density at radius 1 is 1.29 bits per heavy atom. The number of benzene rings is 1. The quantitative estimate of drug-likeness (QED) is 0.886. The number of nitrogens with one attached hydrogen (secondary N) is 1. The Bertz CT molecular complexity index is 549. The molecule has 2 aliphatic rings. The molecule has 1 amide bonds. The van der Waals surface area contributed by atoms with Crippen molar-refractivity contribution in [1.82, 2.24) is 5.32 Å². The number of ether oxygens (including phenoxy) is 1. The zero-order chi connectivity index (χ0) is 15.0. The number of amides is 1. The van der Waals surface area contributed by atoms with Crippen LogP contribution >= 0.6 is 23.2 Å². The van der Waals surface area contributed by atoms with E-state index in [0.717, 1.165) is 24.8 Å². The van der Waals surface area contributed by atoms with Crippen LogP contribution in [-0.2, 0) is 9.53 Å². The second-order valence-corrected chi connectivity index (χ2v) is 6.79. The second kappa shape index (κ2) is 6.15. The smallest absolute Gasteiger partial charge is 0.217 e. The molecular weight excluding hydrogens is 309 g/mol. The number of carbonyl (C=O) groups excluding carboxylic acids is 1. The molecule has 114 valence electrons. The summed E-state index contributed by atoms with van der Waals surface area (Å²) in [5, 5.41) is 4.19. The molecule has 0 radical (unpaired) electrons. The third kappa shape index (κ3) is 3.20. The van der Waals surface area contributed by atoms with Crippen LogP contribution in [0.1, 0.15) is 44.3 Å². The van der Waals surface area contributed by atoms with Gasteiger partial charge >= 0.3 is 0 Å². The molecule has 21 heavy (non-hydrogen) atoms. The van der Waals surface area contributed by atoms with Crippen molar-refractivity contribution < 1.29 is 9.53 Å². The van der Waals surface area contributed by atoms with Crippen molar-refractivity contribution >= 4 is 29.1 Å². The van der Waals surface area contributed by atoms with E-state index in [9.17, 15) is 4.79 Å². The average Bonchev–Trinajstić information content (AvgIpc) is 2.89. The van der Waals surface area contributed by atoms with E-state index in [1.165, 1.54) is 6.42 Å². The van der Waals surface area contributed by atoms with Gasteiger partial charge in [-0.2, -0.15) is 0 Å². The van der Waals surface area contributed by atoms with E-state index in [0.29, 0.717) is 16.0 Å². The van der Waals surface area contributed by atoms with E-state index in [-0.39, 0.29) is 24.2 Å². The molecule has 3 nitrogen and oxygen atoms in total. The summed E-state index contributed by atoms with van der Waals surface area (Å²) >= 11 is 12.1. The molecule has 1 saturated carbocycles. The van der Waals surface area contributed by atoms with Crippen LogP contribution < -0.4 is 5.32 Å². The molecule has 1 saturated heterocycles. The number of fused-ring (bicyclic) bond motifs is 1. The van der Waals surface area contributed by atoms with Crippen LogP contribution in [0.3, 0.4) is 0 Å². The molecule has 0 unspecified atom stereocenters. The van der Waals surface area contributed by atoms with Crippen molar-refractivity contribution in [2.24, 2.45) is 5.92 Å². The monoisotopic (exact) mass is 327 g/mol. The minimum Gasteiger partial charge on any atom is -0.370 e. The lowest BCUT2D eigenvalue weighted by Crippen LogP contribution is -2.47. The van der Waals surface area contributed by atoms with Crippen LogP contribution in [0.5, 0.6) is 0 Å². The van der Waals surface area contributed by atoms with Crippen LogP contribution in [0.15, 0.2) is 18.2 Å². The maximum Gasteiger partial charge on any atom is 0.217 e. The minimum atomic E-state index is -0.0315. The average molecular weight is 328 g/mol. The molecular formula is C16H19Cl2NO2. The van der Waals surface area contributed by atoms with E-state index in [1.807, 2.05) is 12.1 Å². The number of rotatable bonds is 2. The number of halogens is 2. The second-order valence-electron chi connectivity index (χ2n) is 5.97. The number of carbonyl (C=O) groups is 1. The Hall–Kier alpha value is -0.770. The van der Waals surface area contributed by atoms with Crippen molar-refractivity contribution in [3.05, 3.63) is 33.8 Å². The lowest BCUT2D eigenvalue weighted by Gasteiger charge is -2.39. The molecule has 0 spiro atoms. The third-order valence-electron chi connectivity index (χ3n) is 4.53. The summed E-state index contributed by atoms with van der Waals surface area (Å²) in [5.74, 6) is 0.466. The lowest BCUT2D eigenvalue weighted by molar-refractivity contribution is -0.124. The SMILES string of the molecule is CC(=O)N[C@@H]1C[C@H](c2ccc(Cl)c(Cl)c2)O[C@@H]2CCC[C@@H]12. The topological polar surface area (TPSA) is 38.3 Å². The molecule has 1 aliphatic heterocycles. The Morgan fingerprint density at radius 2 is 2.10 bits per heavy atom. The summed E-state index contributed by atoms with van der Waals surface area (Å²) in [7, 11) is 0. The molecule has 1 aromatic carbocycles.